The van der Waals surface area contributed by atoms with Crippen molar-refractivity contribution < 1.29 is 4.74 Å². The molecule has 2 rings (SSSR count). The largest absolute Gasteiger partial charge is 0.491 e. The third-order valence-corrected chi connectivity index (χ3v) is 3.63. The summed E-state index contributed by atoms with van der Waals surface area (Å²) in [6.07, 6.45) is 2.77. The molecule has 3 nitrogen and oxygen atoms in total. The summed E-state index contributed by atoms with van der Waals surface area (Å²) in [4.78, 5) is 2.31. The lowest BCUT2D eigenvalue weighted by Crippen LogP contribution is -2.37. The predicted molar refractivity (Wildman–Crippen MR) is 79.7 cm³/mol. The van der Waals surface area contributed by atoms with Crippen molar-refractivity contribution in [3.05, 3.63) is 29.8 Å². The van der Waals surface area contributed by atoms with E-state index in [0.29, 0.717) is 12.1 Å². The average molecular weight is 262 g/mol. The fraction of sp³-hybridized carbons (Fsp3) is 0.625. The fourth-order valence-corrected chi connectivity index (χ4v) is 2.89. The minimum atomic E-state index is 0.229. The summed E-state index contributed by atoms with van der Waals surface area (Å²) in [5.41, 5.74) is 1.36. The molecule has 0 spiro atoms. The summed E-state index contributed by atoms with van der Waals surface area (Å²) in [5, 5.41) is 3.61. The monoisotopic (exact) mass is 262 g/mol. The molecule has 0 radical (unpaired) electrons. The zero-order valence-corrected chi connectivity index (χ0v) is 12.5. The molecule has 0 saturated carbocycles. The Morgan fingerprint density at radius 3 is 2.37 bits per heavy atom. The molecule has 106 valence electrons. The van der Waals surface area contributed by atoms with Crippen LogP contribution in [0, 0.1) is 0 Å². The number of hydrogen-bond donors (Lipinski definition) is 1. The zero-order valence-electron chi connectivity index (χ0n) is 12.5. The maximum atomic E-state index is 5.71. The molecule has 0 amide bonds. The molecule has 0 aromatic heterocycles. The van der Waals surface area contributed by atoms with Crippen molar-refractivity contribution in [2.75, 3.05) is 20.6 Å². The molecule has 19 heavy (non-hydrogen) atoms. The second-order valence-corrected chi connectivity index (χ2v) is 5.85. The first-order valence-corrected chi connectivity index (χ1v) is 7.24. The van der Waals surface area contributed by atoms with Crippen LogP contribution < -0.4 is 10.1 Å². The van der Waals surface area contributed by atoms with Gasteiger partial charge in [0.15, 0.2) is 0 Å². The van der Waals surface area contributed by atoms with E-state index in [-0.39, 0.29) is 6.10 Å². The quantitative estimate of drug-likeness (QED) is 0.883. The summed E-state index contributed by atoms with van der Waals surface area (Å²) in [6, 6.07) is 9.56. The smallest absolute Gasteiger partial charge is 0.119 e. The van der Waals surface area contributed by atoms with E-state index in [1.807, 2.05) is 0 Å². The third kappa shape index (κ3) is 3.71. The van der Waals surface area contributed by atoms with E-state index in [2.05, 4.69) is 62.4 Å². The lowest BCUT2D eigenvalue weighted by molar-refractivity contribution is 0.238. The number of ether oxygens (including phenoxy) is 1. The van der Waals surface area contributed by atoms with Crippen LogP contribution in [0.3, 0.4) is 0 Å². The lowest BCUT2D eigenvalue weighted by Gasteiger charge is -2.30. The van der Waals surface area contributed by atoms with Crippen LogP contribution in [0.5, 0.6) is 5.75 Å². The Morgan fingerprint density at radius 1 is 1.21 bits per heavy atom. The first-order chi connectivity index (χ1) is 9.08. The second kappa shape index (κ2) is 6.40. The summed E-state index contributed by atoms with van der Waals surface area (Å²) in [5.74, 6) is 0.954. The van der Waals surface area contributed by atoms with E-state index in [9.17, 15) is 0 Å². The van der Waals surface area contributed by atoms with Crippen LogP contribution in [0.4, 0.5) is 0 Å². The average Bonchev–Trinajstić information content (AvgIpc) is 2.84. The van der Waals surface area contributed by atoms with Crippen LogP contribution in [-0.4, -0.2) is 37.7 Å². The van der Waals surface area contributed by atoms with Gasteiger partial charge in [0.05, 0.1) is 6.10 Å². The van der Waals surface area contributed by atoms with Crippen molar-refractivity contribution in [1.29, 1.82) is 0 Å². The van der Waals surface area contributed by atoms with E-state index in [0.717, 1.165) is 12.3 Å². The van der Waals surface area contributed by atoms with Crippen LogP contribution in [0.25, 0.3) is 0 Å². The summed E-state index contributed by atoms with van der Waals surface area (Å²) in [7, 11) is 4.31. The molecule has 1 saturated heterocycles. The van der Waals surface area contributed by atoms with E-state index in [1.165, 1.54) is 18.4 Å². The van der Waals surface area contributed by atoms with Gasteiger partial charge in [0.2, 0.25) is 0 Å². The number of nitrogens with zero attached hydrogens (tertiary/aromatic N) is 1. The molecule has 1 N–H and O–H groups in total. The van der Waals surface area contributed by atoms with Gasteiger partial charge in [-0.25, -0.2) is 0 Å². The number of rotatable bonds is 5. The highest BCUT2D eigenvalue weighted by Gasteiger charge is 2.27. The number of nitrogens with one attached hydrogen (secondary N) is 1. The first kappa shape index (κ1) is 14.4. The van der Waals surface area contributed by atoms with Gasteiger partial charge in [0.25, 0.3) is 0 Å². The van der Waals surface area contributed by atoms with Crippen LogP contribution in [0.2, 0.25) is 0 Å². The van der Waals surface area contributed by atoms with E-state index < -0.39 is 0 Å². The second-order valence-electron chi connectivity index (χ2n) is 5.85. The minimum Gasteiger partial charge on any atom is -0.491 e. The molecule has 3 heteroatoms. The van der Waals surface area contributed by atoms with Gasteiger partial charge in [-0.2, -0.15) is 0 Å². The molecule has 1 aromatic rings. The molecule has 1 heterocycles. The Bertz CT molecular complexity index is 380. The van der Waals surface area contributed by atoms with Gasteiger partial charge >= 0.3 is 0 Å². The van der Waals surface area contributed by atoms with Crippen LogP contribution in [-0.2, 0) is 0 Å². The maximum absolute atomic E-state index is 5.71. The Labute approximate surface area is 116 Å². The van der Waals surface area contributed by atoms with Crippen molar-refractivity contribution in [2.45, 2.75) is 44.9 Å². The van der Waals surface area contributed by atoms with Crippen LogP contribution >= 0.6 is 0 Å². The molecule has 1 aliphatic rings. The molecule has 1 aromatic carbocycles. The summed E-state index contributed by atoms with van der Waals surface area (Å²) >= 11 is 0. The molecule has 0 bridgehead atoms. The highest BCUT2D eigenvalue weighted by molar-refractivity contribution is 5.30. The molecule has 2 unspecified atom stereocenters. The number of hydrogen-bond acceptors (Lipinski definition) is 3. The van der Waals surface area contributed by atoms with Crippen molar-refractivity contribution in [3.63, 3.8) is 0 Å². The van der Waals surface area contributed by atoms with Gasteiger partial charge in [-0.05, 0) is 65.0 Å². The first-order valence-electron chi connectivity index (χ1n) is 7.24. The van der Waals surface area contributed by atoms with Gasteiger partial charge in [-0.1, -0.05) is 12.1 Å². The number of benzene rings is 1. The molecule has 2 atom stereocenters. The zero-order chi connectivity index (χ0) is 13.8. The predicted octanol–water partition coefficient (Wildman–Crippen LogP) is 2.83. The summed E-state index contributed by atoms with van der Waals surface area (Å²) < 4.78 is 5.71. The molecule has 1 fully saturated rings. The Hall–Kier alpha value is -1.06. The van der Waals surface area contributed by atoms with Crippen molar-refractivity contribution >= 4 is 0 Å². The van der Waals surface area contributed by atoms with Gasteiger partial charge < -0.3 is 15.0 Å². The SMILES string of the molecule is CC(C)Oc1ccc(C(C2CCCN2)N(C)C)cc1. The van der Waals surface area contributed by atoms with Gasteiger partial charge in [-0.3, -0.25) is 0 Å². The Balaban J connectivity index is 2.13. The van der Waals surface area contributed by atoms with Gasteiger partial charge in [0, 0.05) is 12.1 Å². The Kier molecular flexibility index (Phi) is 4.83. The van der Waals surface area contributed by atoms with Crippen LogP contribution in [0.15, 0.2) is 24.3 Å². The van der Waals surface area contributed by atoms with E-state index >= 15 is 0 Å². The highest BCUT2D eigenvalue weighted by atomic mass is 16.5. The van der Waals surface area contributed by atoms with E-state index in [1.54, 1.807) is 0 Å². The number of likely N-dealkylation sites (N-methyl/N-ethyl adjacent to an activating group) is 1. The van der Waals surface area contributed by atoms with Crippen LogP contribution in [0.1, 0.15) is 38.3 Å². The lowest BCUT2D eigenvalue weighted by atomic mass is 9.97. The standard InChI is InChI=1S/C16H26N2O/c1-12(2)19-14-9-7-13(8-10-14)16(18(3)4)15-6-5-11-17-15/h7-10,12,15-17H,5-6,11H2,1-4H3. The highest BCUT2D eigenvalue weighted by Crippen LogP contribution is 2.28. The van der Waals surface area contributed by atoms with Crippen molar-refractivity contribution in [1.82, 2.24) is 10.2 Å². The van der Waals surface area contributed by atoms with Gasteiger partial charge in [0.1, 0.15) is 5.75 Å². The summed E-state index contributed by atoms with van der Waals surface area (Å²) in [6.45, 7) is 5.25. The third-order valence-electron chi connectivity index (χ3n) is 3.63. The maximum Gasteiger partial charge on any atom is 0.119 e. The fourth-order valence-electron chi connectivity index (χ4n) is 2.89. The topological polar surface area (TPSA) is 24.5 Å². The van der Waals surface area contributed by atoms with Crippen molar-refractivity contribution in [3.8, 4) is 5.75 Å². The Morgan fingerprint density at radius 2 is 1.89 bits per heavy atom. The normalized spacial score (nSPS) is 21.1. The molecule has 1 aliphatic heterocycles. The van der Waals surface area contributed by atoms with E-state index in [4.69, 9.17) is 4.74 Å². The molecular weight excluding hydrogens is 236 g/mol. The molecular formula is C16H26N2O. The molecule has 0 aliphatic carbocycles. The van der Waals surface area contributed by atoms with Crippen molar-refractivity contribution in [2.24, 2.45) is 0 Å². The van der Waals surface area contributed by atoms with Gasteiger partial charge in [-0.15, -0.1) is 0 Å². The minimum absolute atomic E-state index is 0.229.